The number of hydrogen-bond donors (Lipinski definition) is 1. The van der Waals surface area contributed by atoms with Crippen LogP contribution in [0.1, 0.15) is 30.9 Å². The Morgan fingerprint density at radius 3 is 2.60 bits per heavy atom. The van der Waals surface area contributed by atoms with Crippen LogP contribution < -0.4 is 10.5 Å². The van der Waals surface area contributed by atoms with Gasteiger partial charge in [-0.2, -0.15) is 0 Å². The van der Waals surface area contributed by atoms with Crippen LogP contribution in [0.5, 0.6) is 5.75 Å². The molecular formula is C12H17NOS. The monoisotopic (exact) mass is 223 g/mol. The van der Waals surface area contributed by atoms with Crippen LogP contribution in [0.15, 0.2) is 18.2 Å². The van der Waals surface area contributed by atoms with Gasteiger partial charge < -0.3 is 10.5 Å². The molecule has 2 N–H and O–H groups in total. The molecule has 82 valence electrons. The first kappa shape index (κ1) is 12.0. The molecular weight excluding hydrogens is 206 g/mol. The molecule has 1 aromatic rings. The van der Waals surface area contributed by atoms with Crippen molar-refractivity contribution in [3.63, 3.8) is 0 Å². The van der Waals surface area contributed by atoms with Gasteiger partial charge in [0.25, 0.3) is 0 Å². The second kappa shape index (κ2) is 5.12. The maximum Gasteiger partial charge on any atom is 0.122 e. The summed E-state index contributed by atoms with van der Waals surface area (Å²) in [7, 11) is 1.69. The predicted octanol–water partition coefficient (Wildman–Crippen LogP) is 2.65. The maximum atomic E-state index is 5.52. The molecule has 0 bridgehead atoms. The minimum absolute atomic E-state index is 0.436. The number of ether oxygens (including phenoxy) is 1. The highest BCUT2D eigenvalue weighted by Gasteiger charge is 2.08. The number of hydrogen-bond acceptors (Lipinski definition) is 2. The molecule has 0 amide bonds. The number of benzene rings is 1. The van der Waals surface area contributed by atoms with Gasteiger partial charge in [-0.25, -0.2) is 0 Å². The van der Waals surface area contributed by atoms with Gasteiger partial charge in [0.05, 0.1) is 12.1 Å². The summed E-state index contributed by atoms with van der Waals surface area (Å²) in [6, 6.07) is 6.09. The van der Waals surface area contributed by atoms with Crippen molar-refractivity contribution in [2.45, 2.75) is 26.2 Å². The summed E-state index contributed by atoms with van der Waals surface area (Å²) in [4.78, 5) is 0.523. The van der Waals surface area contributed by atoms with Crippen LogP contribution >= 0.6 is 12.2 Å². The van der Waals surface area contributed by atoms with Crippen LogP contribution in [-0.4, -0.2) is 12.1 Å². The fourth-order valence-electron chi connectivity index (χ4n) is 1.55. The molecule has 0 aliphatic rings. The maximum absolute atomic E-state index is 5.52. The largest absolute Gasteiger partial charge is 0.496 e. The zero-order valence-electron chi connectivity index (χ0n) is 9.41. The van der Waals surface area contributed by atoms with Crippen molar-refractivity contribution in [2.75, 3.05) is 7.11 Å². The smallest absolute Gasteiger partial charge is 0.122 e. The van der Waals surface area contributed by atoms with Crippen molar-refractivity contribution in [2.24, 2.45) is 5.73 Å². The fraction of sp³-hybridized carbons (Fsp3) is 0.417. The lowest BCUT2D eigenvalue weighted by Crippen LogP contribution is -2.11. The standard InChI is InChI=1S/C12H17NOS/c1-8(2)10-6-9(7-12(13)15)4-5-11(10)14-3/h4-6,8H,7H2,1-3H3,(H2,13,15). The van der Waals surface area contributed by atoms with E-state index in [9.17, 15) is 0 Å². The molecule has 2 nitrogen and oxygen atoms in total. The van der Waals surface area contributed by atoms with E-state index in [-0.39, 0.29) is 0 Å². The minimum atomic E-state index is 0.436. The molecule has 0 heterocycles. The van der Waals surface area contributed by atoms with Gasteiger partial charge in [-0.05, 0) is 23.1 Å². The Morgan fingerprint density at radius 1 is 1.47 bits per heavy atom. The first-order valence-corrected chi connectivity index (χ1v) is 5.40. The molecule has 1 aromatic carbocycles. The Labute approximate surface area is 96.4 Å². The molecule has 0 unspecified atom stereocenters. The van der Waals surface area contributed by atoms with Crippen LogP contribution in [0.25, 0.3) is 0 Å². The van der Waals surface area contributed by atoms with Gasteiger partial charge in [-0.15, -0.1) is 0 Å². The normalized spacial score (nSPS) is 10.4. The van der Waals surface area contributed by atoms with Gasteiger partial charge in [0.1, 0.15) is 5.75 Å². The van der Waals surface area contributed by atoms with Crippen LogP contribution in [0.2, 0.25) is 0 Å². The van der Waals surface area contributed by atoms with Gasteiger partial charge in [0.2, 0.25) is 0 Å². The summed E-state index contributed by atoms with van der Waals surface area (Å²) in [5, 5.41) is 0. The minimum Gasteiger partial charge on any atom is -0.496 e. The van der Waals surface area contributed by atoms with Crippen molar-refractivity contribution >= 4 is 17.2 Å². The summed E-state index contributed by atoms with van der Waals surface area (Å²) in [6.45, 7) is 4.28. The molecule has 0 aromatic heterocycles. The molecule has 0 saturated heterocycles. The van der Waals surface area contributed by atoms with Gasteiger partial charge in [0.15, 0.2) is 0 Å². The molecule has 1 rings (SSSR count). The SMILES string of the molecule is COc1ccc(CC(N)=S)cc1C(C)C. The van der Waals surface area contributed by atoms with E-state index in [1.54, 1.807) is 7.11 Å². The van der Waals surface area contributed by atoms with Crippen molar-refractivity contribution in [3.05, 3.63) is 29.3 Å². The van der Waals surface area contributed by atoms with E-state index in [0.717, 1.165) is 11.3 Å². The van der Waals surface area contributed by atoms with E-state index in [1.165, 1.54) is 5.56 Å². The first-order valence-electron chi connectivity index (χ1n) is 4.99. The Kier molecular flexibility index (Phi) is 4.09. The number of methoxy groups -OCH3 is 1. The highest BCUT2D eigenvalue weighted by molar-refractivity contribution is 7.80. The molecule has 3 heteroatoms. The number of nitrogens with two attached hydrogens (primary N) is 1. The third-order valence-corrected chi connectivity index (χ3v) is 2.44. The second-order valence-corrected chi connectivity index (χ2v) is 4.40. The van der Waals surface area contributed by atoms with E-state index in [2.05, 4.69) is 19.9 Å². The van der Waals surface area contributed by atoms with E-state index in [4.69, 9.17) is 22.7 Å². The van der Waals surface area contributed by atoms with E-state index < -0.39 is 0 Å². The van der Waals surface area contributed by atoms with Crippen LogP contribution in [0.4, 0.5) is 0 Å². The predicted molar refractivity (Wildman–Crippen MR) is 67.6 cm³/mol. The first-order chi connectivity index (χ1) is 7.04. The summed E-state index contributed by atoms with van der Waals surface area (Å²) >= 11 is 4.89. The fourth-order valence-corrected chi connectivity index (χ4v) is 1.71. The molecule has 0 aliphatic heterocycles. The average Bonchev–Trinajstić information content (AvgIpc) is 2.16. The van der Waals surface area contributed by atoms with Gasteiger partial charge >= 0.3 is 0 Å². The Bertz CT molecular complexity index is 361. The quantitative estimate of drug-likeness (QED) is 0.797. The molecule has 0 radical (unpaired) electrons. The zero-order valence-corrected chi connectivity index (χ0v) is 10.2. The van der Waals surface area contributed by atoms with Gasteiger partial charge in [-0.1, -0.05) is 38.2 Å². The Hall–Kier alpha value is -1.09. The highest BCUT2D eigenvalue weighted by atomic mass is 32.1. The third kappa shape index (κ3) is 3.20. The third-order valence-electron chi connectivity index (χ3n) is 2.29. The van der Waals surface area contributed by atoms with Crippen molar-refractivity contribution in [1.82, 2.24) is 0 Å². The van der Waals surface area contributed by atoms with E-state index in [1.807, 2.05) is 12.1 Å². The van der Waals surface area contributed by atoms with E-state index >= 15 is 0 Å². The van der Waals surface area contributed by atoms with Crippen molar-refractivity contribution < 1.29 is 4.74 Å². The van der Waals surface area contributed by atoms with Crippen LogP contribution in [0, 0.1) is 0 Å². The lowest BCUT2D eigenvalue weighted by molar-refractivity contribution is 0.407. The van der Waals surface area contributed by atoms with Crippen molar-refractivity contribution in [3.8, 4) is 5.75 Å². The van der Waals surface area contributed by atoms with Crippen molar-refractivity contribution in [1.29, 1.82) is 0 Å². The Morgan fingerprint density at radius 2 is 2.13 bits per heavy atom. The van der Waals surface area contributed by atoms with E-state index in [0.29, 0.717) is 17.3 Å². The van der Waals surface area contributed by atoms with Gasteiger partial charge in [0, 0.05) is 6.42 Å². The summed E-state index contributed by atoms with van der Waals surface area (Å²) in [5.74, 6) is 1.36. The molecule has 15 heavy (non-hydrogen) atoms. The Balaban J connectivity index is 3.04. The molecule has 0 fully saturated rings. The number of thiocarbonyl (C=S) groups is 1. The topological polar surface area (TPSA) is 35.2 Å². The lowest BCUT2D eigenvalue weighted by Gasteiger charge is -2.13. The van der Waals surface area contributed by atoms with Gasteiger partial charge in [-0.3, -0.25) is 0 Å². The molecule has 0 saturated carbocycles. The summed E-state index contributed by atoms with van der Waals surface area (Å²) in [5.41, 5.74) is 7.87. The van der Waals surface area contributed by atoms with Crippen LogP contribution in [0.3, 0.4) is 0 Å². The lowest BCUT2D eigenvalue weighted by atomic mass is 9.98. The average molecular weight is 223 g/mol. The second-order valence-electron chi connectivity index (χ2n) is 3.87. The molecule has 0 aliphatic carbocycles. The highest BCUT2D eigenvalue weighted by Crippen LogP contribution is 2.27. The zero-order chi connectivity index (χ0) is 11.4. The molecule has 0 spiro atoms. The molecule has 0 atom stereocenters. The summed E-state index contributed by atoms with van der Waals surface area (Å²) in [6.07, 6.45) is 0.652. The summed E-state index contributed by atoms with van der Waals surface area (Å²) < 4.78 is 5.30. The van der Waals surface area contributed by atoms with Crippen LogP contribution in [-0.2, 0) is 6.42 Å². The number of rotatable bonds is 4.